The Bertz CT molecular complexity index is 402. The van der Waals surface area contributed by atoms with Gasteiger partial charge in [-0.05, 0) is 45.4 Å². The van der Waals surface area contributed by atoms with Gasteiger partial charge in [-0.1, -0.05) is 20.3 Å². The summed E-state index contributed by atoms with van der Waals surface area (Å²) in [6, 6.07) is 0.643. The average molecular weight is 263 g/mol. The summed E-state index contributed by atoms with van der Waals surface area (Å²) in [5.74, 6) is 1.66. The standard InChI is InChI=1S/C16H29N3/c1-6-13-7-8-15(12(13)2)19-11-17-9-14(19)10-18-16(3,4)5/h9,11-13,15,18H,6-8,10H2,1-5H3. The van der Waals surface area contributed by atoms with E-state index in [1.165, 1.54) is 25.0 Å². The first-order chi connectivity index (χ1) is 8.92. The molecule has 3 atom stereocenters. The molecule has 1 aliphatic rings. The Morgan fingerprint density at radius 3 is 2.68 bits per heavy atom. The van der Waals surface area contributed by atoms with E-state index < -0.39 is 0 Å². The van der Waals surface area contributed by atoms with Gasteiger partial charge in [-0.3, -0.25) is 0 Å². The van der Waals surface area contributed by atoms with Crippen LogP contribution in [0.2, 0.25) is 0 Å². The third kappa shape index (κ3) is 3.38. The Morgan fingerprint density at radius 1 is 1.37 bits per heavy atom. The topological polar surface area (TPSA) is 29.9 Å². The highest BCUT2D eigenvalue weighted by molar-refractivity contribution is 5.03. The van der Waals surface area contributed by atoms with Crippen LogP contribution in [0.15, 0.2) is 12.5 Å². The molecular weight excluding hydrogens is 234 g/mol. The highest BCUT2D eigenvalue weighted by Gasteiger charge is 2.33. The predicted octanol–water partition coefficient (Wildman–Crippen LogP) is 3.77. The van der Waals surface area contributed by atoms with E-state index in [0.29, 0.717) is 6.04 Å². The van der Waals surface area contributed by atoms with Gasteiger partial charge in [0.2, 0.25) is 0 Å². The van der Waals surface area contributed by atoms with Crippen LogP contribution in [0.5, 0.6) is 0 Å². The van der Waals surface area contributed by atoms with Gasteiger partial charge in [0.15, 0.2) is 0 Å². The molecule has 0 aromatic carbocycles. The van der Waals surface area contributed by atoms with Crippen molar-refractivity contribution in [2.45, 2.75) is 72.0 Å². The van der Waals surface area contributed by atoms with Gasteiger partial charge in [0.05, 0.1) is 12.0 Å². The van der Waals surface area contributed by atoms with Crippen molar-refractivity contribution in [3.63, 3.8) is 0 Å². The second kappa shape index (κ2) is 5.66. The molecule has 3 heteroatoms. The third-order valence-electron chi connectivity index (χ3n) is 4.61. The Labute approximate surface area is 117 Å². The number of aromatic nitrogens is 2. The van der Waals surface area contributed by atoms with E-state index in [4.69, 9.17) is 0 Å². The fourth-order valence-corrected chi connectivity index (χ4v) is 3.32. The number of hydrogen-bond donors (Lipinski definition) is 1. The number of rotatable bonds is 4. The Morgan fingerprint density at radius 2 is 2.11 bits per heavy atom. The van der Waals surface area contributed by atoms with Gasteiger partial charge < -0.3 is 9.88 Å². The largest absolute Gasteiger partial charge is 0.330 e. The highest BCUT2D eigenvalue weighted by Crippen LogP contribution is 2.42. The zero-order valence-electron chi connectivity index (χ0n) is 13.1. The fourth-order valence-electron chi connectivity index (χ4n) is 3.32. The van der Waals surface area contributed by atoms with Gasteiger partial charge in [0.25, 0.3) is 0 Å². The van der Waals surface area contributed by atoms with Crippen molar-refractivity contribution >= 4 is 0 Å². The number of nitrogens with one attached hydrogen (secondary N) is 1. The summed E-state index contributed by atoms with van der Waals surface area (Å²) in [5, 5.41) is 3.57. The number of imidazole rings is 1. The minimum absolute atomic E-state index is 0.155. The van der Waals surface area contributed by atoms with Crippen LogP contribution in [-0.2, 0) is 6.54 Å². The van der Waals surface area contributed by atoms with Crippen LogP contribution in [0, 0.1) is 11.8 Å². The van der Waals surface area contributed by atoms with Gasteiger partial charge in [-0.2, -0.15) is 0 Å². The number of nitrogens with zero attached hydrogens (tertiary/aromatic N) is 2. The molecule has 1 N–H and O–H groups in total. The monoisotopic (exact) mass is 263 g/mol. The van der Waals surface area contributed by atoms with Crippen molar-refractivity contribution < 1.29 is 0 Å². The first-order valence-electron chi connectivity index (χ1n) is 7.68. The van der Waals surface area contributed by atoms with Crippen LogP contribution >= 0.6 is 0 Å². The molecule has 1 fully saturated rings. The van der Waals surface area contributed by atoms with Gasteiger partial charge in [0, 0.05) is 24.3 Å². The molecule has 3 unspecified atom stereocenters. The first kappa shape index (κ1) is 14.6. The summed E-state index contributed by atoms with van der Waals surface area (Å²) in [5.41, 5.74) is 1.48. The Hall–Kier alpha value is -0.830. The summed E-state index contributed by atoms with van der Waals surface area (Å²) >= 11 is 0. The molecule has 0 radical (unpaired) electrons. The molecule has 0 aliphatic heterocycles. The lowest BCUT2D eigenvalue weighted by molar-refractivity contribution is 0.319. The summed E-state index contributed by atoms with van der Waals surface area (Å²) in [4.78, 5) is 4.38. The normalized spacial score (nSPS) is 27.9. The third-order valence-corrected chi connectivity index (χ3v) is 4.61. The quantitative estimate of drug-likeness (QED) is 0.896. The molecule has 1 aromatic rings. The molecule has 2 rings (SSSR count). The van der Waals surface area contributed by atoms with Crippen LogP contribution in [-0.4, -0.2) is 15.1 Å². The molecule has 1 aliphatic carbocycles. The molecule has 0 spiro atoms. The van der Waals surface area contributed by atoms with Crippen molar-refractivity contribution in [1.82, 2.24) is 14.9 Å². The maximum Gasteiger partial charge on any atom is 0.0951 e. The second-order valence-electron chi connectivity index (χ2n) is 7.07. The van der Waals surface area contributed by atoms with Crippen molar-refractivity contribution in [2.24, 2.45) is 11.8 Å². The van der Waals surface area contributed by atoms with Gasteiger partial charge in [-0.25, -0.2) is 4.98 Å². The highest BCUT2D eigenvalue weighted by atomic mass is 15.1. The van der Waals surface area contributed by atoms with Crippen LogP contribution in [0.25, 0.3) is 0 Å². The van der Waals surface area contributed by atoms with E-state index >= 15 is 0 Å². The maximum absolute atomic E-state index is 4.38. The van der Waals surface area contributed by atoms with E-state index in [1.54, 1.807) is 0 Å². The average Bonchev–Trinajstić information content (AvgIpc) is 2.91. The molecule has 0 amide bonds. The van der Waals surface area contributed by atoms with Crippen LogP contribution in [0.3, 0.4) is 0 Å². The lowest BCUT2D eigenvalue weighted by Crippen LogP contribution is -2.36. The van der Waals surface area contributed by atoms with Crippen molar-refractivity contribution in [3.8, 4) is 0 Å². The summed E-state index contributed by atoms with van der Waals surface area (Å²) in [7, 11) is 0. The molecule has 1 aromatic heterocycles. The molecule has 108 valence electrons. The minimum atomic E-state index is 0.155. The summed E-state index contributed by atoms with van der Waals surface area (Å²) in [6.45, 7) is 12.3. The van der Waals surface area contributed by atoms with E-state index in [1.807, 2.05) is 12.5 Å². The van der Waals surface area contributed by atoms with Gasteiger partial charge in [-0.15, -0.1) is 0 Å². The minimum Gasteiger partial charge on any atom is -0.330 e. The molecule has 3 nitrogen and oxygen atoms in total. The molecule has 1 heterocycles. The summed E-state index contributed by atoms with van der Waals surface area (Å²) < 4.78 is 2.42. The van der Waals surface area contributed by atoms with E-state index in [9.17, 15) is 0 Å². The second-order valence-corrected chi connectivity index (χ2v) is 7.07. The SMILES string of the molecule is CCC1CCC(n2cncc2CNC(C)(C)C)C1C. The first-order valence-corrected chi connectivity index (χ1v) is 7.68. The maximum atomic E-state index is 4.38. The molecule has 0 saturated heterocycles. The molecule has 1 saturated carbocycles. The Balaban J connectivity index is 2.07. The lowest BCUT2D eigenvalue weighted by atomic mass is 9.93. The molecule has 19 heavy (non-hydrogen) atoms. The van der Waals surface area contributed by atoms with Crippen molar-refractivity contribution in [1.29, 1.82) is 0 Å². The van der Waals surface area contributed by atoms with Gasteiger partial charge in [0.1, 0.15) is 0 Å². The van der Waals surface area contributed by atoms with Crippen molar-refractivity contribution in [3.05, 3.63) is 18.2 Å². The van der Waals surface area contributed by atoms with Crippen molar-refractivity contribution in [2.75, 3.05) is 0 Å². The molecule has 0 bridgehead atoms. The Kier molecular flexibility index (Phi) is 4.34. The lowest BCUT2D eigenvalue weighted by Gasteiger charge is -2.25. The van der Waals surface area contributed by atoms with Crippen LogP contribution < -0.4 is 5.32 Å². The van der Waals surface area contributed by atoms with E-state index in [2.05, 4.69) is 49.5 Å². The van der Waals surface area contributed by atoms with Crippen LogP contribution in [0.1, 0.15) is 65.6 Å². The van der Waals surface area contributed by atoms with Crippen LogP contribution in [0.4, 0.5) is 0 Å². The number of hydrogen-bond acceptors (Lipinski definition) is 2. The smallest absolute Gasteiger partial charge is 0.0951 e. The zero-order valence-corrected chi connectivity index (χ0v) is 13.1. The zero-order chi connectivity index (χ0) is 14.0. The summed E-state index contributed by atoms with van der Waals surface area (Å²) in [6.07, 6.45) is 8.02. The van der Waals surface area contributed by atoms with E-state index in [-0.39, 0.29) is 5.54 Å². The molecular formula is C16H29N3. The van der Waals surface area contributed by atoms with E-state index in [0.717, 1.165) is 18.4 Å². The van der Waals surface area contributed by atoms with Gasteiger partial charge >= 0.3 is 0 Å². The fraction of sp³-hybridized carbons (Fsp3) is 0.812. The predicted molar refractivity (Wildman–Crippen MR) is 80.0 cm³/mol.